The van der Waals surface area contributed by atoms with Crippen molar-refractivity contribution in [2.75, 3.05) is 0 Å². The van der Waals surface area contributed by atoms with Crippen molar-refractivity contribution < 1.29 is 14.3 Å². The van der Waals surface area contributed by atoms with E-state index >= 15 is 0 Å². The Morgan fingerprint density at radius 1 is 1.00 bits per heavy atom. The van der Waals surface area contributed by atoms with E-state index in [2.05, 4.69) is 22.9 Å². The summed E-state index contributed by atoms with van der Waals surface area (Å²) in [7, 11) is 0. The summed E-state index contributed by atoms with van der Waals surface area (Å²) in [4.78, 5) is 22.5. The summed E-state index contributed by atoms with van der Waals surface area (Å²) in [5.74, 6) is -0.784. The van der Waals surface area contributed by atoms with Crippen LogP contribution in [0.4, 0.5) is 0 Å². The van der Waals surface area contributed by atoms with E-state index in [9.17, 15) is 9.59 Å². The van der Waals surface area contributed by atoms with Gasteiger partial charge in [-0.1, -0.05) is 18.2 Å². The molecule has 0 unspecified atom stereocenters. The van der Waals surface area contributed by atoms with Gasteiger partial charge in [-0.25, -0.2) is 0 Å². The van der Waals surface area contributed by atoms with Crippen molar-refractivity contribution >= 4 is 11.9 Å². The molecule has 0 amide bonds. The molecule has 1 aromatic carbocycles. The first-order valence-corrected chi connectivity index (χ1v) is 6.07. The molecular weight excluding hydrogens is 216 g/mol. The number of aryl methyl sites for hydroxylation is 2. The first-order valence-electron chi connectivity index (χ1n) is 6.07. The molecule has 88 valence electrons. The van der Waals surface area contributed by atoms with Crippen molar-refractivity contribution in [2.45, 2.75) is 38.0 Å². The summed E-state index contributed by atoms with van der Waals surface area (Å²) >= 11 is 0. The summed E-state index contributed by atoms with van der Waals surface area (Å²) in [6.07, 6.45) is 4.13. The zero-order chi connectivity index (χ0) is 11.8. The van der Waals surface area contributed by atoms with Gasteiger partial charge in [0.25, 0.3) is 0 Å². The Hall–Kier alpha value is -1.64. The van der Waals surface area contributed by atoms with Crippen LogP contribution >= 0.6 is 0 Å². The molecule has 3 heteroatoms. The van der Waals surface area contributed by atoms with Gasteiger partial charge in [0.2, 0.25) is 0 Å². The number of hydrogen-bond acceptors (Lipinski definition) is 3. The van der Waals surface area contributed by atoms with Crippen molar-refractivity contribution in [1.29, 1.82) is 0 Å². The van der Waals surface area contributed by atoms with Crippen LogP contribution in [-0.2, 0) is 27.2 Å². The third-order valence-electron chi connectivity index (χ3n) is 3.65. The zero-order valence-electron chi connectivity index (χ0n) is 9.57. The third kappa shape index (κ3) is 1.97. The van der Waals surface area contributed by atoms with Crippen LogP contribution in [0.15, 0.2) is 18.2 Å². The third-order valence-corrected chi connectivity index (χ3v) is 3.65. The van der Waals surface area contributed by atoms with E-state index in [1.165, 1.54) is 17.5 Å². The van der Waals surface area contributed by atoms with Gasteiger partial charge >= 0.3 is 11.9 Å². The summed E-state index contributed by atoms with van der Waals surface area (Å²) in [5.41, 5.74) is 3.91. The van der Waals surface area contributed by atoms with Gasteiger partial charge < -0.3 is 4.74 Å². The second kappa shape index (κ2) is 3.99. The predicted molar refractivity (Wildman–Crippen MR) is 61.5 cm³/mol. The molecule has 0 saturated carbocycles. The Kier molecular flexibility index (Phi) is 2.46. The van der Waals surface area contributed by atoms with E-state index in [4.69, 9.17) is 0 Å². The minimum Gasteiger partial charge on any atom is -0.393 e. The Bertz CT molecular complexity index is 474. The maximum absolute atomic E-state index is 11.2. The number of carbonyl (C=O) groups is 2. The highest BCUT2D eigenvalue weighted by molar-refractivity contribution is 5.89. The van der Waals surface area contributed by atoms with Crippen LogP contribution in [0, 0.1) is 0 Å². The van der Waals surface area contributed by atoms with E-state index in [0.717, 1.165) is 18.4 Å². The van der Waals surface area contributed by atoms with E-state index in [1.54, 1.807) is 0 Å². The van der Waals surface area contributed by atoms with E-state index in [1.807, 2.05) is 0 Å². The van der Waals surface area contributed by atoms with Gasteiger partial charge in [0.05, 0.1) is 12.8 Å². The molecule has 0 atom stereocenters. The minimum absolute atomic E-state index is 0.00894. The van der Waals surface area contributed by atoms with E-state index in [-0.39, 0.29) is 5.92 Å². The van der Waals surface area contributed by atoms with Crippen molar-refractivity contribution in [3.63, 3.8) is 0 Å². The van der Waals surface area contributed by atoms with Gasteiger partial charge in [-0.2, -0.15) is 0 Å². The molecule has 1 fully saturated rings. The second-order valence-corrected chi connectivity index (χ2v) is 4.83. The van der Waals surface area contributed by atoms with Crippen LogP contribution in [0.3, 0.4) is 0 Å². The fourth-order valence-corrected chi connectivity index (χ4v) is 2.77. The maximum Gasteiger partial charge on any atom is 0.314 e. The fourth-order valence-electron chi connectivity index (χ4n) is 2.77. The molecule has 0 spiro atoms. The minimum atomic E-state index is -0.397. The van der Waals surface area contributed by atoms with Gasteiger partial charge in [-0.15, -0.1) is 0 Å². The summed E-state index contributed by atoms with van der Waals surface area (Å²) in [6.45, 7) is 0. The molecule has 1 aromatic rings. The number of cyclic esters (lactones) is 2. The van der Waals surface area contributed by atoms with Crippen LogP contribution in [0.1, 0.15) is 41.9 Å². The number of hydrogen-bond donors (Lipinski definition) is 0. The molecular formula is C14H14O3. The molecule has 17 heavy (non-hydrogen) atoms. The van der Waals surface area contributed by atoms with Crippen molar-refractivity contribution in [2.24, 2.45) is 0 Å². The molecule has 1 aliphatic heterocycles. The number of carbonyl (C=O) groups excluding carboxylic acids is 2. The smallest absolute Gasteiger partial charge is 0.314 e. The molecule has 1 saturated heterocycles. The van der Waals surface area contributed by atoms with Gasteiger partial charge in [-0.05, 0) is 36.0 Å². The van der Waals surface area contributed by atoms with Crippen LogP contribution < -0.4 is 0 Å². The number of benzene rings is 1. The summed E-state index contributed by atoms with van der Waals surface area (Å²) in [5, 5.41) is 0. The molecule has 0 N–H and O–H groups in total. The molecule has 2 aliphatic rings. The van der Waals surface area contributed by atoms with Gasteiger partial charge in [-0.3, -0.25) is 9.59 Å². The van der Waals surface area contributed by atoms with Crippen LogP contribution in [0.2, 0.25) is 0 Å². The Labute approximate surface area is 99.8 Å². The summed E-state index contributed by atoms with van der Waals surface area (Å²) < 4.78 is 4.55. The highest BCUT2D eigenvalue weighted by Gasteiger charge is 2.28. The monoisotopic (exact) mass is 230 g/mol. The first kappa shape index (κ1) is 10.5. The van der Waals surface area contributed by atoms with Crippen LogP contribution in [0.25, 0.3) is 0 Å². The maximum atomic E-state index is 11.2. The number of fused-ring (bicyclic) bond motifs is 1. The highest BCUT2D eigenvalue weighted by atomic mass is 16.6. The molecule has 1 heterocycles. The van der Waals surface area contributed by atoms with Gasteiger partial charge in [0, 0.05) is 5.92 Å². The van der Waals surface area contributed by atoms with E-state index in [0.29, 0.717) is 12.8 Å². The topological polar surface area (TPSA) is 43.4 Å². The highest BCUT2D eigenvalue weighted by Crippen LogP contribution is 2.31. The Balaban J connectivity index is 1.88. The van der Waals surface area contributed by atoms with Crippen molar-refractivity contribution in [3.8, 4) is 0 Å². The lowest BCUT2D eigenvalue weighted by molar-refractivity contribution is -0.163. The lowest BCUT2D eigenvalue weighted by Crippen LogP contribution is -2.24. The molecule has 0 radical (unpaired) electrons. The van der Waals surface area contributed by atoms with Crippen LogP contribution in [-0.4, -0.2) is 11.9 Å². The average Bonchev–Trinajstić information content (AvgIpc) is 2.74. The molecule has 0 aromatic heterocycles. The number of esters is 2. The lowest BCUT2D eigenvalue weighted by Gasteiger charge is -2.20. The van der Waals surface area contributed by atoms with Crippen LogP contribution in [0.5, 0.6) is 0 Å². The van der Waals surface area contributed by atoms with Gasteiger partial charge in [0.1, 0.15) is 0 Å². The SMILES string of the molecule is O=C1CC(c2ccc3c(c2)CCC3)CC(=O)O1. The average molecular weight is 230 g/mol. The fraction of sp³-hybridized carbons (Fsp3) is 0.429. The second-order valence-electron chi connectivity index (χ2n) is 4.83. The molecule has 3 nitrogen and oxygen atoms in total. The van der Waals surface area contributed by atoms with Crippen molar-refractivity contribution in [3.05, 3.63) is 34.9 Å². The first-order chi connectivity index (χ1) is 8.22. The standard InChI is InChI=1S/C14H14O3/c15-13-7-12(8-14(16)17-13)11-5-4-9-2-1-3-10(9)6-11/h4-6,12H,1-3,7-8H2. The predicted octanol–water partition coefficient (Wildman–Crippen LogP) is 2.12. The molecule has 0 bridgehead atoms. The number of ether oxygens (including phenoxy) is 1. The van der Waals surface area contributed by atoms with E-state index < -0.39 is 11.9 Å². The summed E-state index contributed by atoms with van der Waals surface area (Å²) in [6, 6.07) is 6.36. The zero-order valence-corrected chi connectivity index (χ0v) is 9.57. The lowest BCUT2D eigenvalue weighted by atomic mass is 9.89. The largest absolute Gasteiger partial charge is 0.393 e. The molecule has 1 aliphatic carbocycles. The number of rotatable bonds is 1. The Morgan fingerprint density at radius 2 is 1.71 bits per heavy atom. The van der Waals surface area contributed by atoms with Crippen molar-refractivity contribution in [1.82, 2.24) is 0 Å². The molecule has 3 rings (SSSR count). The Morgan fingerprint density at radius 3 is 2.47 bits per heavy atom. The van der Waals surface area contributed by atoms with Gasteiger partial charge in [0.15, 0.2) is 0 Å². The quantitative estimate of drug-likeness (QED) is 0.548. The normalized spacial score (nSPS) is 20.2.